The number of aromatic amines is 1. The molecule has 0 aliphatic carbocycles. The number of hydrogen-bond donors (Lipinski definition) is 3. The molecule has 35 heavy (non-hydrogen) atoms. The van der Waals surface area contributed by atoms with Crippen molar-refractivity contribution >= 4 is 16.8 Å². The van der Waals surface area contributed by atoms with Gasteiger partial charge in [-0.2, -0.15) is 0 Å². The molecule has 0 saturated carbocycles. The summed E-state index contributed by atoms with van der Waals surface area (Å²) in [5.74, 6) is 0.752. The number of piperidine rings is 1. The second kappa shape index (κ2) is 10.7. The highest BCUT2D eigenvalue weighted by molar-refractivity contribution is 6.08. The fourth-order valence-electron chi connectivity index (χ4n) is 5.51. The van der Waals surface area contributed by atoms with Crippen LogP contribution in [0.4, 0.5) is 0 Å². The standard InChI is InChI=1S/C27H36N4O4/c1-17-15-24(35-4)22(26(33)29-17)16-28-27(34)25-19(3)31(23-8-6-5-7-21(23)25)18(2)20-9-11-30(12-10-20)13-14-32/h5-8,15,18,20,32H,9-14,16H2,1-4H3,(H,28,34)(H,29,33)/t18-/m0/s1. The second-order valence-electron chi connectivity index (χ2n) is 9.50. The van der Waals surface area contributed by atoms with Gasteiger partial charge in [-0.05, 0) is 64.8 Å². The summed E-state index contributed by atoms with van der Waals surface area (Å²) in [4.78, 5) is 31.0. The zero-order valence-electron chi connectivity index (χ0n) is 21.1. The number of methoxy groups -OCH3 is 1. The normalized spacial score (nSPS) is 15.9. The van der Waals surface area contributed by atoms with E-state index in [1.807, 2.05) is 25.1 Å². The van der Waals surface area contributed by atoms with Crippen LogP contribution >= 0.6 is 0 Å². The molecule has 1 amide bonds. The maximum atomic E-state index is 13.4. The third kappa shape index (κ3) is 4.99. The third-order valence-electron chi connectivity index (χ3n) is 7.40. The molecule has 2 aromatic heterocycles. The Hall–Kier alpha value is -3.10. The first-order valence-corrected chi connectivity index (χ1v) is 12.3. The van der Waals surface area contributed by atoms with Crippen LogP contribution in [0.5, 0.6) is 5.75 Å². The summed E-state index contributed by atoms with van der Waals surface area (Å²) >= 11 is 0. The molecule has 0 bridgehead atoms. The molecule has 1 aliphatic heterocycles. The highest BCUT2D eigenvalue weighted by Crippen LogP contribution is 2.35. The van der Waals surface area contributed by atoms with E-state index in [0.717, 1.165) is 49.1 Å². The largest absolute Gasteiger partial charge is 0.496 e. The number of aliphatic hydroxyl groups is 1. The van der Waals surface area contributed by atoms with Crippen LogP contribution in [0.1, 0.15) is 53.1 Å². The molecule has 0 spiro atoms. The van der Waals surface area contributed by atoms with E-state index >= 15 is 0 Å². The third-order valence-corrected chi connectivity index (χ3v) is 7.40. The van der Waals surface area contributed by atoms with Gasteiger partial charge in [-0.1, -0.05) is 18.2 Å². The van der Waals surface area contributed by atoms with E-state index in [2.05, 4.69) is 32.8 Å². The number of aromatic nitrogens is 2. The molecule has 1 saturated heterocycles. The van der Waals surface area contributed by atoms with Crippen LogP contribution < -0.4 is 15.6 Å². The first kappa shape index (κ1) is 25.0. The van der Waals surface area contributed by atoms with Crippen molar-refractivity contribution in [1.82, 2.24) is 19.8 Å². The summed E-state index contributed by atoms with van der Waals surface area (Å²) < 4.78 is 7.67. The first-order chi connectivity index (χ1) is 16.8. The molecule has 4 rings (SSSR count). The number of benzene rings is 1. The number of H-pyrrole nitrogens is 1. The molecule has 0 unspecified atom stereocenters. The maximum Gasteiger partial charge on any atom is 0.256 e. The first-order valence-electron chi connectivity index (χ1n) is 12.3. The van der Waals surface area contributed by atoms with Gasteiger partial charge in [0.05, 0.1) is 31.4 Å². The minimum absolute atomic E-state index is 0.0788. The monoisotopic (exact) mass is 480 g/mol. The molecule has 0 radical (unpaired) electrons. The fraction of sp³-hybridized carbons (Fsp3) is 0.481. The Labute approximate surface area is 205 Å². The smallest absolute Gasteiger partial charge is 0.256 e. The van der Waals surface area contributed by atoms with Gasteiger partial charge in [0.1, 0.15) is 5.75 Å². The predicted octanol–water partition coefficient (Wildman–Crippen LogP) is 3.15. The zero-order chi connectivity index (χ0) is 25.1. The Morgan fingerprint density at radius 2 is 1.97 bits per heavy atom. The lowest BCUT2D eigenvalue weighted by Gasteiger charge is -2.35. The molecule has 3 heterocycles. The number of likely N-dealkylation sites (tertiary alicyclic amines) is 1. The molecule has 3 N–H and O–H groups in total. The Bertz CT molecular complexity index is 1250. The minimum atomic E-state index is -0.262. The molecule has 8 heteroatoms. The molecule has 1 aromatic carbocycles. The van der Waals surface area contributed by atoms with Crippen LogP contribution in [-0.4, -0.2) is 58.8 Å². The van der Waals surface area contributed by atoms with Crippen LogP contribution in [-0.2, 0) is 6.54 Å². The van der Waals surface area contributed by atoms with Crippen LogP contribution in [0.15, 0.2) is 35.1 Å². The Balaban J connectivity index is 1.61. The number of aliphatic hydroxyl groups excluding tert-OH is 1. The number of β-amino-alcohol motifs (C(OH)–C–C–N with tert-alkyl or cyclic N) is 1. The van der Waals surface area contributed by atoms with E-state index in [-0.39, 0.29) is 30.7 Å². The molecular weight excluding hydrogens is 444 g/mol. The molecule has 3 aromatic rings. The number of nitrogens with one attached hydrogen (secondary N) is 2. The average Bonchev–Trinajstić information content (AvgIpc) is 3.14. The van der Waals surface area contributed by atoms with E-state index in [4.69, 9.17) is 4.74 Å². The summed E-state index contributed by atoms with van der Waals surface area (Å²) in [6.45, 7) is 9.00. The van der Waals surface area contributed by atoms with E-state index in [9.17, 15) is 14.7 Å². The van der Waals surface area contributed by atoms with Crippen molar-refractivity contribution in [2.24, 2.45) is 5.92 Å². The molecule has 1 atom stereocenters. The summed E-state index contributed by atoms with van der Waals surface area (Å²) in [7, 11) is 1.52. The second-order valence-corrected chi connectivity index (χ2v) is 9.50. The lowest BCUT2D eigenvalue weighted by molar-refractivity contribution is 0.0951. The molecule has 1 fully saturated rings. The number of pyridine rings is 1. The molecule has 1 aliphatic rings. The minimum Gasteiger partial charge on any atom is -0.496 e. The lowest BCUT2D eigenvalue weighted by atomic mass is 9.90. The van der Waals surface area contributed by atoms with Crippen LogP contribution in [0, 0.1) is 19.8 Å². The number of hydrogen-bond acceptors (Lipinski definition) is 5. The Kier molecular flexibility index (Phi) is 7.62. The SMILES string of the molecule is COc1cc(C)[nH]c(=O)c1CNC(=O)c1c(C)n([C@@H](C)C2CCN(CCO)CC2)c2ccccc12. The number of para-hydroxylation sites is 1. The number of aryl methyl sites for hydroxylation is 1. The summed E-state index contributed by atoms with van der Waals surface area (Å²) in [6, 6.07) is 10.0. The summed E-state index contributed by atoms with van der Waals surface area (Å²) in [5, 5.41) is 13.1. The highest BCUT2D eigenvalue weighted by Gasteiger charge is 2.29. The van der Waals surface area contributed by atoms with Crippen molar-refractivity contribution < 1.29 is 14.6 Å². The van der Waals surface area contributed by atoms with E-state index < -0.39 is 0 Å². The van der Waals surface area contributed by atoms with E-state index in [1.165, 1.54) is 7.11 Å². The lowest BCUT2D eigenvalue weighted by Crippen LogP contribution is -2.37. The Morgan fingerprint density at radius 3 is 2.66 bits per heavy atom. The van der Waals surface area contributed by atoms with Crippen LogP contribution in [0.25, 0.3) is 10.9 Å². The Morgan fingerprint density at radius 1 is 1.26 bits per heavy atom. The van der Waals surface area contributed by atoms with Gasteiger partial charge in [0, 0.05) is 34.9 Å². The van der Waals surface area contributed by atoms with Gasteiger partial charge in [-0.3, -0.25) is 9.59 Å². The number of carbonyl (C=O) groups is 1. The van der Waals surface area contributed by atoms with Gasteiger partial charge in [0.2, 0.25) is 0 Å². The van der Waals surface area contributed by atoms with Gasteiger partial charge in [-0.25, -0.2) is 0 Å². The number of ether oxygens (including phenoxy) is 1. The van der Waals surface area contributed by atoms with E-state index in [1.54, 1.807) is 13.0 Å². The maximum absolute atomic E-state index is 13.4. The van der Waals surface area contributed by atoms with Crippen LogP contribution in [0.3, 0.4) is 0 Å². The number of nitrogens with zero attached hydrogens (tertiary/aromatic N) is 2. The zero-order valence-corrected chi connectivity index (χ0v) is 21.1. The number of rotatable bonds is 8. The number of amides is 1. The molecule has 8 nitrogen and oxygen atoms in total. The molecular formula is C27H36N4O4. The van der Waals surface area contributed by atoms with Gasteiger partial charge < -0.3 is 29.6 Å². The van der Waals surface area contributed by atoms with Gasteiger partial charge in [0.15, 0.2) is 0 Å². The number of carbonyl (C=O) groups excluding carboxylic acids is 1. The van der Waals surface area contributed by atoms with Crippen molar-refractivity contribution in [3.05, 3.63) is 63.2 Å². The highest BCUT2D eigenvalue weighted by atomic mass is 16.5. The van der Waals surface area contributed by atoms with Crippen molar-refractivity contribution in [2.75, 3.05) is 33.4 Å². The van der Waals surface area contributed by atoms with Crippen molar-refractivity contribution in [3.8, 4) is 5.75 Å². The quantitative estimate of drug-likeness (QED) is 0.460. The van der Waals surface area contributed by atoms with Gasteiger partial charge in [-0.15, -0.1) is 0 Å². The summed E-state index contributed by atoms with van der Waals surface area (Å²) in [6.07, 6.45) is 2.12. The topological polar surface area (TPSA) is 99.6 Å². The predicted molar refractivity (Wildman–Crippen MR) is 137 cm³/mol. The average molecular weight is 481 g/mol. The number of fused-ring (bicyclic) bond motifs is 1. The van der Waals surface area contributed by atoms with Crippen molar-refractivity contribution in [2.45, 2.75) is 46.2 Å². The van der Waals surface area contributed by atoms with Gasteiger partial charge >= 0.3 is 0 Å². The van der Waals surface area contributed by atoms with Crippen LogP contribution in [0.2, 0.25) is 0 Å². The van der Waals surface area contributed by atoms with Crippen molar-refractivity contribution in [3.63, 3.8) is 0 Å². The fourth-order valence-corrected chi connectivity index (χ4v) is 5.51. The summed E-state index contributed by atoms with van der Waals surface area (Å²) in [5.41, 5.74) is 3.47. The van der Waals surface area contributed by atoms with E-state index in [0.29, 0.717) is 28.5 Å². The van der Waals surface area contributed by atoms with Crippen molar-refractivity contribution in [1.29, 1.82) is 0 Å². The molecule has 188 valence electrons. The van der Waals surface area contributed by atoms with Gasteiger partial charge in [0.25, 0.3) is 11.5 Å².